The highest BCUT2D eigenvalue weighted by Crippen LogP contribution is 2.81. The molecule has 6 heterocycles. The normalized spacial score (nSPS) is 29.2. The van der Waals surface area contributed by atoms with E-state index in [0.717, 1.165) is 63.0 Å². The number of rotatable bonds is 14. The molecule has 4 unspecified atom stereocenters. The fraction of sp³-hybridized carbons (Fsp3) is 0.481. The predicted molar refractivity (Wildman–Crippen MR) is 263 cm³/mol. The number of nitrogens with zero attached hydrogens (tertiary/aromatic N) is 2. The number of esters is 4. The van der Waals surface area contributed by atoms with E-state index in [1.807, 2.05) is 123 Å². The first-order valence-electron chi connectivity index (χ1n) is 24.1. The Morgan fingerprint density at radius 1 is 0.574 bits per heavy atom. The molecule has 0 amide bonds. The molecule has 5 aliphatic rings. The third-order valence-electron chi connectivity index (χ3n) is 16.0. The third kappa shape index (κ3) is 7.43. The predicted octanol–water partition coefficient (Wildman–Crippen LogP) is 8.82. The van der Waals surface area contributed by atoms with Crippen LogP contribution in [0.25, 0.3) is 0 Å². The molecule has 2 saturated heterocycles. The molecule has 360 valence electrons. The minimum absolute atomic E-state index is 0.263. The summed E-state index contributed by atoms with van der Waals surface area (Å²) in [5.41, 5.74) is -3.53. The first kappa shape index (κ1) is 47.8. The Bertz CT molecular complexity index is 2350. The van der Waals surface area contributed by atoms with E-state index >= 15 is 19.2 Å². The van der Waals surface area contributed by atoms with Crippen LogP contribution in [0.15, 0.2) is 118 Å². The summed E-state index contributed by atoms with van der Waals surface area (Å²) in [6, 6.07) is 27.2. The topological polar surface area (TPSA) is 136 Å². The Morgan fingerprint density at radius 2 is 0.941 bits per heavy atom. The molecule has 8 atom stereocenters. The number of carbonyl (C=O) groups is 4. The van der Waals surface area contributed by atoms with Crippen molar-refractivity contribution >= 4 is 46.6 Å². The van der Waals surface area contributed by atoms with Gasteiger partial charge in [-0.2, -0.15) is 0 Å². The summed E-state index contributed by atoms with van der Waals surface area (Å²) in [5.74, 6) is -4.42. The van der Waals surface area contributed by atoms with Crippen LogP contribution in [0.5, 0.6) is 0 Å². The Morgan fingerprint density at radius 3 is 1.26 bits per heavy atom. The van der Waals surface area contributed by atoms with Crippen molar-refractivity contribution in [3.63, 3.8) is 0 Å². The summed E-state index contributed by atoms with van der Waals surface area (Å²) in [4.78, 5) is 68.3. The SMILES string of the molecule is COC(=O)C12[C@@H](c3cccs3)C(C(=O)O[C@H](CN3CCCCC3)c3ccccc3)=C(C)NC1(C)C1(C(=O)OC)[C@H](c3cccs3)C(C(=O)O[C@@H](CN3CCCCC3)c3ccccc3)=C(C)NC21C. The maximum atomic E-state index is 15.6. The van der Waals surface area contributed by atoms with Crippen LogP contribution in [0.4, 0.5) is 0 Å². The highest BCUT2D eigenvalue weighted by Gasteiger charge is 2.96. The standard InChI is InChI=1S/C54H64N4O8S2/c1-35-43(47(59)65-39(37-21-11-7-12-22-37)33-57-27-15-9-16-28-57)45(41-25-19-31-67-41)53(49(61)63-5)51(3,55-35)54(50(62)64-6)46(42-26-20-32-68-42)44(36(2)56-52(53,54)4)48(60)66-40(38-23-13-8-14-24-38)34-58-29-17-10-18-30-58/h7-8,11-14,19-26,31-32,39-40,45-46,55-56H,9-10,15-18,27-30,33-34H2,1-6H3/t39-,40+,45+,46-,51?,52?,53?,54?. The van der Waals surface area contributed by atoms with E-state index in [-0.39, 0.29) is 11.1 Å². The molecule has 2 aromatic heterocycles. The highest BCUT2D eigenvalue weighted by atomic mass is 32.1. The first-order valence-corrected chi connectivity index (χ1v) is 25.8. The van der Waals surface area contributed by atoms with E-state index in [4.69, 9.17) is 18.9 Å². The average molecular weight is 961 g/mol. The molecular weight excluding hydrogens is 897 g/mol. The van der Waals surface area contributed by atoms with Crippen LogP contribution < -0.4 is 10.6 Å². The van der Waals surface area contributed by atoms with Gasteiger partial charge in [0.1, 0.15) is 23.0 Å². The molecule has 4 aliphatic heterocycles. The number of hydrogen-bond acceptors (Lipinski definition) is 14. The van der Waals surface area contributed by atoms with Gasteiger partial charge in [-0.15, -0.1) is 22.7 Å². The van der Waals surface area contributed by atoms with Gasteiger partial charge in [-0.05, 0) is 114 Å². The smallest absolute Gasteiger partial charge is 0.337 e. The van der Waals surface area contributed by atoms with Gasteiger partial charge in [-0.1, -0.05) is 85.6 Å². The van der Waals surface area contributed by atoms with Gasteiger partial charge in [-0.3, -0.25) is 19.4 Å². The molecule has 0 radical (unpaired) electrons. The molecule has 9 rings (SSSR count). The molecule has 0 bridgehead atoms. The zero-order chi connectivity index (χ0) is 47.8. The number of allylic oxidation sites excluding steroid dienone is 2. The molecule has 12 nitrogen and oxygen atoms in total. The van der Waals surface area contributed by atoms with Gasteiger partial charge in [0.15, 0.2) is 0 Å². The number of piperidine rings is 2. The first-order chi connectivity index (χ1) is 32.9. The van der Waals surface area contributed by atoms with E-state index in [2.05, 4.69) is 20.4 Å². The van der Waals surface area contributed by atoms with Crippen LogP contribution in [0.3, 0.4) is 0 Å². The van der Waals surface area contributed by atoms with E-state index in [9.17, 15) is 0 Å². The number of nitrogens with one attached hydrogen (secondary N) is 2. The largest absolute Gasteiger partial charge is 0.468 e. The summed E-state index contributed by atoms with van der Waals surface area (Å²) in [6.45, 7) is 12.0. The summed E-state index contributed by atoms with van der Waals surface area (Å²) in [6.07, 6.45) is 5.41. The van der Waals surface area contributed by atoms with Gasteiger partial charge >= 0.3 is 23.9 Å². The summed E-state index contributed by atoms with van der Waals surface area (Å²) < 4.78 is 25.3. The molecule has 2 N–H and O–H groups in total. The molecule has 1 saturated carbocycles. The second kappa shape index (κ2) is 19.3. The van der Waals surface area contributed by atoms with Crippen molar-refractivity contribution in [1.29, 1.82) is 0 Å². The molecule has 2 aromatic carbocycles. The van der Waals surface area contributed by atoms with E-state index in [1.54, 1.807) is 0 Å². The molecule has 0 spiro atoms. The monoisotopic (exact) mass is 960 g/mol. The van der Waals surface area contributed by atoms with Gasteiger partial charge in [0.25, 0.3) is 0 Å². The second-order valence-corrected chi connectivity index (χ2v) is 21.4. The van der Waals surface area contributed by atoms with Gasteiger partial charge < -0.3 is 29.6 Å². The third-order valence-corrected chi connectivity index (χ3v) is 17.9. The Hall–Kier alpha value is -5.28. The van der Waals surface area contributed by atoms with Crippen molar-refractivity contribution in [2.24, 2.45) is 10.8 Å². The number of hydrogen-bond donors (Lipinski definition) is 2. The number of methoxy groups -OCH3 is 2. The van der Waals surface area contributed by atoms with Crippen LogP contribution >= 0.6 is 22.7 Å². The van der Waals surface area contributed by atoms with Gasteiger partial charge in [0.05, 0.1) is 36.4 Å². The molecular formula is C54H64N4O8S2. The second-order valence-electron chi connectivity index (χ2n) is 19.4. The van der Waals surface area contributed by atoms with Gasteiger partial charge in [-0.25, -0.2) is 9.59 Å². The van der Waals surface area contributed by atoms with Crippen molar-refractivity contribution in [2.75, 3.05) is 53.5 Å². The van der Waals surface area contributed by atoms with E-state index in [1.165, 1.54) is 49.7 Å². The van der Waals surface area contributed by atoms with Crippen LogP contribution in [-0.4, -0.2) is 98.2 Å². The summed E-state index contributed by atoms with van der Waals surface area (Å²) in [7, 11) is 2.68. The minimum atomic E-state index is -1.75. The Balaban J connectivity index is 1.21. The molecule has 4 aromatic rings. The fourth-order valence-electron chi connectivity index (χ4n) is 13.3. The number of carbonyl (C=O) groups excluding carboxylic acids is 4. The van der Waals surface area contributed by atoms with Crippen molar-refractivity contribution in [3.05, 3.63) is 139 Å². The number of benzene rings is 2. The van der Waals surface area contributed by atoms with Crippen molar-refractivity contribution in [2.45, 2.75) is 101 Å². The van der Waals surface area contributed by atoms with E-state index in [0.29, 0.717) is 34.2 Å². The highest BCUT2D eigenvalue weighted by molar-refractivity contribution is 7.10. The van der Waals surface area contributed by atoms with Gasteiger partial charge in [0, 0.05) is 46.1 Å². The van der Waals surface area contributed by atoms with Crippen molar-refractivity contribution in [3.8, 4) is 0 Å². The van der Waals surface area contributed by atoms with Crippen LogP contribution in [0.2, 0.25) is 0 Å². The Kier molecular flexibility index (Phi) is 13.5. The lowest BCUT2D eigenvalue weighted by Gasteiger charge is -2.82. The number of ether oxygens (including phenoxy) is 4. The quantitative estimate of drug-likeness (QED) is 0.0924. The summed E-state index contributed by atoms with van der Waals surface area (Å²) in [5, 5.41) is 11.2. The zero-order valence-corrected chi connectivity index (χ0v) is 41.6. The summed E-state index contributed by atoms with van der Waals surface area (Å²) >= 11 is 2.84. The Labute approximate surface area is 408 Å². The molecule has 3 fully saturated rings. The molecule has 1 aliphatic carbocycles. The number of likely N-dealkylation sites (tertiary alicyclic amines) is 2. The average Bonchev–Trinajstić information content (AvgIpc) is 4.10. The van der Waals surface area contributed by atoms with Crippen LogP contribution in [-0.2, 0) is 38.1 Å². The lowest BCUT2D eigenvalue weighted by molar-refractivity contribution is -0.271. The molecule has 14 heteroatoms. The minimum Gasteiger partial charge on any atom is -0.468 e. The van der Waals surface area contributed by atoms with Gasteiger partial charge in [0.2, 0.25) is 0 Å². The maximum Gasteiger partial charge on any atom is 0.337 e. The van der Waals surface area contributed by atoms with Crippen LogP contribution in [0.1, 0.15) is 111 Å². The molecule has 68 heavy (non-hydrogen) atoms. The van der Waals surface area contributed by atoms with E-state index < -0.39 is 69.8 Å². The number of fused-ring (bicyclic) bond motifs is 4. The fourth-order valence-corrected chi connectivity index (χ4v) is 15.1. The maximum absolute atomic E-state index is 15.6. The van der Waals surface area contributed by atoms with Crippen molar-refractivity contribution < 1.29 is 38.1 Å². The lowest BCUT2D eigenvalue weighted by Crippen LogP contribution is -2.99. The van der Waals surface area contributed by atoms with Crippen LogP contribution in [0, 0.1) is 10.8 Å². The van der Waals surface area contributed by atoms with Crippen molar-refractivity contribution in [1.82, 2.24) is 20.4 Å². The number of thiophene rings is 2. The lowest BCUT2D eigenvalue weighted by atomic mass is 9.24. The zero-order valence-electron chi connectivity index (χ0n) is 40.0.